The average Bonchev–Trinajstić information content (AvgIpc) is 3.16. The molecule has 2 aliphatic heterocycles. The maximum atomic E-state index is 6.10. The molecule has 1 saturated heterocycles. The molecule has 0 amide bonds. The van der Waals surface area contributed by atoms with Crippen molar-refractivity contribution in [2.45, 2.75) is 76.7 Å². The lowest BCUT2D eigenvalue weighted by atomic mass is 9.86. The molecule has 0 bridgehead atoms. The van der Waals surface area contributed by atoms with Gasteiger partial charge in [-0.2, -0.15) is 0 Å². The first-order valence-corrected chi connectivity index (χ1v) is 12.1. The quantitative estimate of drug-likeness (QED) is 0.653. The number of thiocarbonyl (C=S) groups is 1. The third-order valence-electron chi connectivity index (χ3n) is 7.00. The Kier molecular flexibility index (Phi) is 6.40. The van der Waals surface area contributed by atoms with Crippen molar-refractivity contribution in [3.05, 3.63) is 41.5 Å². The number of benzene rings is 1. The zero-order valence-corrected chi connectivity index (χ0v) is 19.6. The fourth-order valence-corrected chi connectivity index (χ4v) is 5.11. The van der Waals surface area contributed by atoms with Crippen LogP contribution in [-0.2, 0) is 10.3 Å². The minimum Gasteiger partial charge on any atom is -0.362 e. The van der Waals surface area contributed by atoms with E-state index in [2.05, 4.69) is 66.8 Å². The predicted molar refractivity (Wildman–Crippen MR) is 128 cm³/mol. The molecule has 2 heterocycles. The molecule has 1 aromatic carbocycles. The van der Waals surface area contributed by atoms with Gasteiger partial charge in [0.25, 0.3) is 0 Å². The lowest BCUT2D eigenvalue weighted by Crippen LogP contribution is -2.50. The van der Waals surface area contributed by atoms with Crippen molar-refractivity contribution in [1.29, 1.82) is 0 Å². The molecule has 4 nitrogen and oxygen atoms in total. The van der Waals surface area contributed by atoms with Crippen molar-refractivity contribution in [3.63, 3.8) is 0 Å². The van der Waals surface area contributed by atoms with Gasteiger partial charge in [-0.3, -0.25) is 10.3 Å². The summed E-state index contributed by atoms with van der Waals surface area (Å²) in [6.07, 6.45) is 11.1. The summed E-state index contributed by atoms with van der Waals surface area (Å²) >= 11 is 5.69. The van der Waals surface area contributed by atoms with Crippen LogP contribution < -0.4 is 10.8 Å². The van der Waals surface area contributed by atoms with Crippen LogP contribution in [0.5, 0.6) is 0 Å². The molecule has 1 saturated carbocycles. The van der Waals surface area contributed by atoms with Crippen molar-refractivity contribution in [1.82, 2.24) is 15.7 Å². The summed E-state index contributed by atoms with van der Waals surface area (Å²) in [4.78, 5) is 8.41. The first-order valence-electron chi connectivity index (χ1n) is 11.7. The molecular weight excluding hydrogens is 390 g/mol. The molecule has 1 spiro atoms. The average molecular weight is 428 g/mol. The SMILES string of the molecule is CC(C)(C)c1ccc(C2=CC3(CCN(C(=S)NCC4CCCCC4)CC3)ON2)cc1. The van der Waals surface area contributed by atoms with Gasteiger partial charge < -0.3 is 10.2 Å². The van der Waals surface area contributed by atoms with Gasteiger partial charge in [-0.25, -0.2) is 0 Å². The van der Waals surface area contributed by atoms with Crippen molar-refractivity contribution >= 4 is 23.0 Å². The number of hydrogen-bond donors (Lipinski definition) is 2. The molecule has 1 aromatic rings. The second kappa shape index (κ2) is 8.88. The van der Waals surface area contributed by atoms with E-state index in [0.717, 1.165) is 49.2 Å². The summed E-state index contributed by atoms with van der Waals surface area (Å²) in [7, 11) is 0. The Morgan fingerprint density at radius 2 is 1.80 bits per heavy atom. The molecule has 0 radical (unpaired) electrons. The predicted octanol–water partition coefficient (Wildman–Crippen LogP) is 5.15. The van der Waals surface area contributed by atoms with Crippen LogP contribution in [0.25, 0.3) is 5.70 Å². The summed E-state index contributed by atoms with van der Waals surface area (Å²) in [5, 5.41) is 4.46. The minimum atomic E-state index is -0.215. The van der Waals surface area contributed by atoms with E-state index in [-0.39, 0.29) is 11.0 Å². The number of hydrogen-bond acceptors (Lipinski definition) is 3. The molecule has 0 atom stereocenters. The molecular formula is C25H37N3OS. The van der Waals surface area contributed by atoms with Gasteiger partial charge in [-0.15, -0.1) is 0 Å². The van der Waals surface area contributed by atoms with Gasteiger partial charge in [0.15, 0.2) is 5.11 Å². The largest absolute Gasteiger partial charge is 0.362 e. The fourth-order valence-electron chi connectivity index (χ4n) is 4.84. The molecule has 0 aromatic heterocycles. The van der Waals surface area contributed by atoms with E-state index in [1.54, 1.807) is 0 Å². The number of piperidine rings is 1. The molecule has 30 heavy (non-hydrogen) atoms. The summed E-state index contributed by atoms with van der Waals surface area (Å²) in [5.41, 5.74) is 6.78. The van der Waals surface area contributed by atoms with Crippen molar-refractivity contribution in [3.8, 4) is 0 Å². The van der Waals surface area contributed by atoms with E-state index in [1.165, 1.54) is 43.2 Å². The Morgan fingerprint density at radius 1 is 1.13 bits per heavy atom. The molecule has 4 rings (SSSR count). The molecule has 5 heteroatoms. The van der Waals surface area contributed by atoms with E-state index in [0.29, 0.717) is 0 Å². The normalized spacial score (nSPS) is 22.0. The minimum absolute atomic E-state index is 0.171. The van der Waals surface area contributed by atoms with Gasteiger partial charge in [-0.1, -0.05) is 64.3 Å². The summed E-state index contributed by atoms with van der Waals surface area (Å²) in [6, 6.07) is 8.84. The number of nitrogens with one attached hydrogen (secondary N) is 2. The maximum absolute atomic E-state index is 6.10. The summed E-state index contributed by atoms with van der Waals surface area (Å²) < 4.78 is 0. The van der Waals surface area contributed by atoms with Crippen LogP contribution in [0.2, 0.25) is 0 Å². The number of rotatable bonds is 3. The second-order valence-corrected chi connectivity index (χ2v) is 10.7. The number of nitrogens with zero attached hydrogens (tertiary/aromatic N) is 1. The van der Waals surface area contributed by atoms with E-state index < -0.39 is 0 Å². The number of likely N-dealkylation sites (tertiary alicyclic amines) is 1. The third-order valence-corrected chi connectivity index (χ3v) is 7.40. The van der Waals surface area contributed by atoms with Gasteiger partial charge in [0.05, 0.1) is 5.70 Å². The van der Waals surface area contributed by atoms with Gasteiger partial charge >= 0.3 is 0 Å². The highest BCUT2D eigenvalue weighted by atomic mass is 32.1. The van der Waals surface area contributed by atoms with Crippen molar-refractivity contribution in [2.24, 2.45) is 5.92 Å². The van der Waals surface area contributed by atoms with Gasteiger partial charge in [0, 0.05) is 32.5 Å². The Labute approximate surface area is 187 Å². The lowest BCUT2D eigenvalue weighted by Gasteiger charge is -2.38. The highest BCUT2D eigenvalue weighted by Crippen LogP contribution is 2.35. The summed E-state index contributed by atoms with van der Waals surface area (Å²) in [6.45, 7) is 9.64. The highest BCUT2D eigenvalue weighted by Gasteiger charge is 2.39. The molecule has 164 valence electrons. The standard InChI is InChI=1S/C25H37N3OS/c1-24(2,3)21-11-9-20(10-12-21)22-17-25(29-27-22)13-15-28(16-14-25)23(30)26-18-19-7-5-4-6-8-19/h9-12,17,19,27H,4-8,13-16,18H2,1-3H3,(H,26,30). The maximum Gasteiger partial charge on any atom is 0.168 e. The zero-order valence-electron chi connectivity index (χ0n) is 18.8. The fraction of sp³-hybridized carbons (Fsp3) is 0.640. The van der Waals surface area contributed by atoms with Crippen LogP contribution in [0.4, 0.5) is 0 Å². The van der Waals surface area contributed by atoms with Crippen LogP contribution in [0, 0.1) is 5.92 Å². The zero-order chi connectivity index (χ0) is 21.2. The van der Waals surface area contributed by atoms with Crippen LogP contribution in [-0.4, -0.2) is 35.2 Å². The Morgan fingerprint density at radius 3 is 2.43 bits per heavy atom. The van der Waals surface area contributed by atoms with Crippen molar-refractivity contribution in [2.75, 3.05) is 19.6 Å². The van der Waals surface area contributed by atoms with Crippen LogP contribution in [0.1, 0.15) is 76.8 Å². The second-order valence-electron chi connectivity index (χ2n) is 10.3. The van der Waals surface area contributed by atoms with Crippen LogP contribution >= 0.6 is 12.2 Å². The van der Waals surface area contributed by atoms with Crippen molar-refractivity contribution < 1.29 is 4.84 Å². The first-order chi connectivity index (χ1) is 14.3. The number of hydroxylamine groups is 1. The smallest absolute Gasteiger partial charge is 0.168 e. The Balaban J connectivity index is 1.30. The van der Waals surface area contributed by atoms with Crippen LogP contribution in [0.15, 0.2) is 30.3 Å². The molecule has 2 N–H and O–H groups in total. The Hall–Kier alpha value is -1.59. The highest BCUT2D eigenvalue weighted by molar-refractivity contribution is 7.80. The van der Waals surface area contributed by atoms with Gasteiger partial charge in [0.1, 0.15) is 5.60 Å². The summed E-state index contributed by atoms with van der Waals surface area (Å²) in [5.74, 6) is 0.797. The monoisotopic (exact) mass is 427 g/mol. The molecule has 2 fully saturated rings. The van der Waals surface area contributed by atoms with E-state index >= 15 is 0 Å². The van der Waals surface area contributed by atoms with E-state index in [4.69, 9.17) is 17.1 Å². The Bertz CT molecular complexity index is 767. The van der Waals surface area contributed by atoms with Gasteiger partial charge in [0.2, 0.25) is 0 Å². The van der Waals surface area contributed by atoms with E-state index in [9.17, 15) is 0 Å². The lowest BCUT2D eigenvalue weighted by molar-refractivity contribution is -0.0618. The van der Waals surface area contributed by atoms with Crippen LogP contribution in [0.3, 0.4) is 0 Å². The first kappa shape index (κ1) is 21.6. The third kappa shape index (κ3) is 5.00. The van der Waals surface area contributed by atoms with Gasteiger partial charge in [-0.05, 0) is 53.6 Å². The topological polar surface area (TPSA) is 36.5 Å². The molecule has 1 aliphatic carbocycles. The van der Waals surface area contributed by atoms with E-state index in [1.807, 2.05) is 0 Å². The molecule has 3 aliphatic rings. The molecule has 0 unspecified atom stereocenters.